The van der Waals surface area contributed by atoms with Gasteiger partial charge in [0.05, 0.1) is 26.0 Å². The SMILES string of the molecule is NCCn1cc(C(=O)N2CCC(N3CCOCC3)C2)nn1. The van der Waals surface area contributed by atoms with Crippen LogP contribution in [0.3, 0.4) is 0 Å². The van der Waals surface area contributed by atoms with E-state index in [2.05, 4.69) is 15.2 Å². The van der Waals surface area contributed by atoms with E-state index in [-0.39, 0.29) is 5.91 Å². The quantitative estimate of drug-likeness (QED) is 0.749. The average Bonchev–Trinajstić information content (AvgIpc) is 3.17. The predicted octanol–water partition coefficient (Wildman–Crippen LogP) is -1.22. The molecule has 1 atom stereocenters. The van der Waals surface area contributed by atoms with Crippen molar-refractivity contribution >= 4 is 5.91 Å². The van der Waals surface area contributed by atoms with Gasteiger partial charge in [0.25, 0.3) is 5.91 Å². The van der Waals surface area contributed by atoms with Crippen molar-refractivity contribution in [1.29, 1.82) is 0 Å². The van der Waals surface area contributed by atoms with Gasteiger partial charge >= 0.3 is 0 Å². The summed E-state index contributed by atoms with van der Waals surface area (Å²) in [6.45, 7) is 6.11. The van der Waals surface area contributed by atoms with Gasteiger partial charge in [0.15, 0.2) is 5.69 Å². The van der Waals surface area contributed by atoms with Crippen LogP contribution in [0.1, 0.15) is 16.9 Å². The van der Waals surface area contributed by atoms with Crippen LogP contribution in [-0.4, -0.2) is 82.7 Å². The van der Waals surface area contributed by atoms with Gasteiger partial charge < -0.3 is 15.4 Å². The number of rotatable bonds is 4. The minimum Gasteiger partial charge on any atom is -0.379 e. The minimum absolute atomic E-state index is 0.0333. The first-order chi connectivity index (χ1) is 10.3. The number of carbonyl (C=O) groups is 1. The zero-order valence-corrected chi connectivity index (χ0v) is 12.1. The molecule has 2 fully saturated rings. The van der Waals surface area contributed by atoms with Crippen molar-refractivity contribution in [2.75, 3.05) is 45.9 Å². The summed E-state index contributed by atoms with van der Waals surface area (Å²) in [5, 5.41) is 7.87. The van der Waals surface area contributed by atoms with Gasteiger partial charge in [-0.3, -0.25) is 14.4 Å². The van der Waals surface area contributed by atoms with Gasteiger partial charge in [-0.05, 0) is 6.42 Å². The largest absolute Gasteiger partial charge is 0.379 e. The zero-order valence-electron chi connectivity index (χ0n) is 12.1. The molecule has 0 spiro atoms. The molecule has 0 aliphatic carbocycles. The van der Waals surface area contributed by atoms with Crippen LogP contribution in [0.5, 0.6) is 0 Å². The highest BCUT2D eigenvalue weighted by molar-refractivity contribution is 5.92. The van der Waals surface area contributed by atoms with E-state index in [9.17, 15) is 4.79 Å². The Balaban J connectivity index is 1.58. The van der Waals surface area contributed by atoms with E-state index in [1.54, 1.807) is 10.9 Å². The fourth-order valence-corrected chi connectivity index (χ4v) is 2.97. The van der Waals surface area contributed by atoms with Gasteiger partial charge in [0.2, 0.25) is 0 Å². The van der Waals surface area contributed by atoms with Crippen LogP contribution in [-0.2, 0) is 11.3 Å². The molecule has 21 heavy (non-hydrogen) atoms. The maximum absolute atomic E-state index is 12.4. The highest BCUT2D eigenvalue weighted by Crippen LogP contribution is 2.18. The van der Waals surface area contributed by atoms with Crippen molar-refractivity contribution in [1.82, 2.24) is 24.8 Å². The molecule has 0 radical (unpaired) electrons. The lowest BCUT2D eigenvalue weighted by Gasteiger charge is -2.31. The molecule has 3 heterocycles. The fourth-order valence-electron chi connectivity index (χ4n) is 2.97. The summed E-state index contributed by atoms with van der Waals surface area (Å²) in [6, 6.07) is 0.442. The number of carbonyl (C=O) groups excluding carboxylic acids is 1. The highest BCUT2D eigenvalue weighted by Gasteiger charge is 2.32. The number of amides is 1. The normalized spacial score (nSPS) is 23.7. The van der Waals surface area contributed by atoms with E-state index in [0.717, 1.165) is 45.8 Å². The van der Waals surface area contributed by atoms with Crippen molar-refractivity contribution in [3.05, 3.63) is 11.9 Å². The Morgan fingerprint density at radius 3 is 2.95 bits per heavy atom. The van der Waals surface area contributed by atoms with Crippen molar-refractivity contribution in [2.45, 2.75) is 19.0 Å². The van der Waals surface area contributed by atoms with Crippen molar-refractivity contribution in [3.8, 4) is 0 Å². The molecule has 1 aromatic rings. The van der Waals surface area contributed by atoms with Gasteiger partial charge in [-0.25, -0.2) is 0 Å². The first-order valence-corrected chi connectivity index (χ1v) is 7.49. The highest BCUT2D eigenvalue weighted by atomic mass is 16.5. The molecule has 8 heteroatoms. The Morgan fingerprint density at radius 2 is 2.19 bits per heavy atom. The van der Waals surface area contributed by atoms with Gasteiger partial charge in [0, 0.05) is 38.8 Å². The lowest BCUT2D eigenvalue weighted by molar-refractivity contribution is 0.0185. The van der Waals surface area contributed by atoms with Crippen LogP contribution in [0.2, 0.25) is 0 Å². The molecule has 2 saturated heterocycles. The molecule has 1 amide bonds. The second-order valence-corrected chi connectivity index (χ2v) is 5.50. The second kappa shape index (κ2) is 6.50. The molecule has 2 N–H and O–H groups in total. The van der Waals surface area contributed by atoms with Crippen molar-refractivity contribution < 1.29 is 9.53 Å². The van der Waals surface area contributed by atoms with Crippen LogP contribution in [0, 0.1) is 0 Å². The van der Waals surface area contributed by atoms with Gasteiger partial charge in [-0.1, -0.05) is 5.21 Å². The summed E-state index contributed by atoms with van der Waals surface area (Å²) in [7, 11) is 0. The lowest BCUT2D eigenvalue weighted by Crippen LogP contribution is -2.45. The number of hydrogen-bond donors (Lipinski definition) is 1. The summed E-state index contributed by atoms with van der Waals surface area (Å²) >= 11 is 0. The summed E-state index contributed by atoms with van der Waals surface area (Å²) < 4.78 is 6.99. The van der Waals surface area contributed by atoms with Crippen LogP contribution in [0.15, 0.2) is 6.20 Å². The summed E-state index contributed by atoms with van der Waals surface area (Å²) in [5.74, 6) is -0.0333. The standard InChI is InChI=1S/C13H22N6O2/c14-2-4-19-10-12(15-16-19)13(20)18-3-1-11(9-18)17-5-7-21-8-6-17/h10-11H,1-9,14H2. The number of aromatic nitrogens is 3. The molecular formula is C13H22N6O2. The molecule has 116 valence electrons. The predicted molar refractivity (Wildman–Crippen MR) is 75.8 cm³/mol. The number of hydrogen-bond acceptors (Lipinski definition) is 6. The smallest absolute Gasteiger partial charge is 0.276 e. The molecule has 1 aromatic heterocycles. The van der Waals surface area contributed by atoms with Crippen molar-refractivity contribution in [3.63, 3.8) is 0 Å². The van der Waals surface area contributed by atoms with E-state index >= 15 is 0 Å². The molecule has 1 unspecified atom stereocenters. The van der Waals surface area contributed by atoms with E-state index in [0.29, 0.717) is 24.8 Å². The number of nitrogens with two attached hydrogens (primary N) is 1. The minimum atomic E-state index is -0.0333. The molecular weight excluding hydrogens is 272 g/mol. The van der Waals surface area contributed by atoms with E-state index in [1.165, 1.54) is 0 Å². The average molecular weight is 294 g/mol. The molecule has 3 rings (SSSR count). The fraction of sp³-hybridized carbons (Fsp3) is 0.769. The lowest BCUT2D eigenvalue weighted by atomic mass is 10.2. The van der Waals surface area contributed by atoms with Gasteiger partial charge in [0.1, 0.15) is 0 Å². The molecule has 0 saturated carbocycles. The topological polar surface area (TPSA) is 89.5 Å². The third-order valence-corrected chi connectivity index (χ3v) is 4.13. The third kappa shape index (κ3) is 3.22. The van der Waals surface area contributed by atoms with Crippen molar-refractivity contribution in [2.24, 2.45) is 5.73 Å². The van der Waals surface area contributed by atoms with E-state index in [4.69, 9.17) is 10.5 Å². The molecule has 2 aliphatic rings. The first kappa shape index (κ1) is 14.4. The number of morpholine rings is 1. The number of nitrogens with zero attached hydrogens (tertiary/aromatic N) is 5. The second-order valence-electron chi connectivity index (χ2n) is 5.50. The van der Waals surface area contributed by atoms with E-state index < -0.39 is 0 Å². The zero-order chi connectivity index (χ0) is 14.7. The van der Waals surface area contributed by atoms with Gasteiger partial charge in [-0.2, -0.15) is 0 Å². The number of ether oxygens (including phenoxy) is 1. The Morgan fingerprint density at radius 1 is 1.38 bits per heavy atom. The molecule has 0 bridgehead atoms. The third-order valence-electron chi connectivity index (χ3n) is 4.13. The first-order valence-electron chi connectivity index (χ1n) is 7.49. The Hall–Kier alpha value is -1.51. The Kier molecular flexibility index (Phi) is 4.47. The van der Waals surface area contributed by atoms with Crippen LogP contribution < -0.4 is 5.73 Å². The molecule has 0 aromatic carbocycles. The summed E-state index contributed by atoms with van der Waals surface area (Å²) in [6.07, 6.45) is 2.69. The maximum Gasteiger partial charge on any atom is 0.276 e. The number of likely N-dealkylation sites (tertiary alicyclic amines) is 1. The van der Waals surface area contributed by atoms with Crippen LogP contribution in [0.25, 0.3) is 0 Å². The van der Waals surface area contributed by atoms with Gasteiger partial charge in [-0.15, -0.1) is 5.10 Å². The molecule has 8 nitrogen and oxygen atoms in total. The summed E-state index contributed by atoms with van der Waals surface area (Å²) in [5.41, 5.74) is 5.88. The van der Waals surface area contributed by atoms with Crippen LogP contribution >= 0.6 is 0 Å². The summed E-state index contributed by atoms with van der Waals surface area (Å²) in [4.78, 5) is 16.7. The van der Waals surface area contributed by atoms with E-state index in [1.807, 2.05) is 4.90 Å². The monoisotopic (exact) mass is 294 g/mol. The maximum atomic E-state index is 12.4. The Bertz CT molecular complexity index is 485. The molecule has 2 aliphatic heterocycles. The Labute approximate surface area is 123 Å². The van der Waals surface area contributed by atoms with Crippen LogP contribution in [0.4, 0.5) is 0 Å².